The highest BCUT2D eigenvalue weighted by atomic mass is 16.5. The Balaban J connectivity index is 1.64. The Morgan fingerprint density at radius 2 is 1.92 bits per heavy atom. The second-order valence-corrected chi connectivity index (χ2v) is 7.56. The number of hydrogen-bond acceptors (Lipinski definition) is 4. The van der Waals surface area contributed by atoms with Gasteiger partial charge in [-0.3, -0.25) is 9.69 Å². The summed E-state index contributed by atoms with van der Waals surface area (Å²) in [6, 6.07) is 8.95. The van der Waals surface area contributed by atoms with Crippen molar-refractivity contribution in [3.05, 3.63) is 35.4 Å². The summed E-state index contributed by atoms with van der Waals surface area (Å²) in [5, 5.41) is 10.1. The predicted molar refractivity (Wildman–Crippen MR) is 97.5 cm³/mol. The molecule has 0 aromatic heterocycles. The van der Waals surface area contributed by atoms with Gasteiger partial charge in [0, 0.05) is 45.6 Å². The molecule has 2 heterocycles. The summed E-state index contributed by atoms with van der Waals surface area (Å²) in [5.74, 6) is 0.171. The molecule has 1 amide bonds. The molecule has 3 rings (SSSR count). The van der Waals surface area contributed by atoms with Crippen LogP contribution in [0.2, 0.25) is 0 Å². The third-order valence-electron chi connectivity index (χ3n) is 5.64. The van der Waals surface area contributed by atoms with Crippen molar-refractivity contribution in [2.75, 3.05) is 39.4 Å². The van der Waals surface area contributed by atoms with Gasteiger partial charge in [-0.1, -0.05) is 29.8 Å². The molecule has 1 aromatic carbocycles. The van der Waals surface area contributed by atoms with Crippen LogP contribution in [0.3, 0.4) is 0 Å². The lowest BCUT2D eigenvalue weighted by atomic mass is 9.91. The smallest absolute Gasteiger partial charge is 0.219 e. The van der Waals surface area contributed by atoms with Gasteiger partial charge >= 0.3 is 0 Å². The Bertz CT molecular complexity index is 581. The molecule has 2 aliphatic rings. The summed E-state index contributed by atoms with van der Waals surface area (Å²) in [6.07, 6.45) is 2.74. The van der Waals surface area contributed by atoms with Crippen molar-refractivity contribution in [1.82, 2.24) is 9.80 Å². The summed E-state index contributed by atoms with van der Waals surface area (Å²) < 4.78 is 6.07. The minimum Gasteiger partial charge on any atom is -0.393 e. The number of likely N-dealkylation sites (tertiary alicyclic amines) is 1. The second-order valence-electron chi connectivity index (χ2n) is 7.56. The summed E-state index contributed by atoms with van der Waals surface area (Å²) in [7, 11) is 0. The van der Waals surface area contributed by atoms with E-state index in [1.807, 2.05) is 4.90 Å². The third-order valence-corrected chi connectivity index (χ3v) is 5.64. The average Bonchev–Trinajstić information content (AvgIpc) is 2.64. The Kier molecular flexibility index (Phi) is 5.77. The highest BCUT2D eigenvalue weighted by molar-refractivity contribution is 5.73. The third kappa shape index (κ3) is 4.40. The van der Waals surface area contributed by atoms with Crippen molar-refractivity contribution in [3.8, 4) is 0 Å². The quantitative estimate of drug-likeness (QED) is 0.900. The molecule has 25 heavy (non-hydrogen) atoms. The SMILES string of the molecule is CC(=O)N1CCC(N2CCO[C@](CO)(Cc3ccc(C)cc3)C2)CC1. The van der Waals surface area contributed by atoms with Crippen LogP contribution in [0.4, 0.5) is 0 Å². The maximum atomic E-state index is 11.5. The van der Waals surface area contributed by atoms with Gasteiger partial charge in [-0.05, 0) is 25.3 Å². The lowest BCUT2D eigenvalue weighted by Crippen LogP contribution is -2.59. The van der Waals surface area contributed by atoms with Gasteiger partial charge in [-0.25, -0.2) is 0 Å². The van der Waals surface area contributed by atoms with Crippen LogP contribution in [0.25, 0.3) is 0 Å². The van der Waals surface area contributed by atoms with Gasteiger partial charge in [0.25, 0.3) is 0 Å². The Morgan fingerprint density at radius 3 is 2.52 bits per heavy atom. The van der Waals surface area contributed by atoms with Gasteiger partial charge in [0.1, 0.15) is 5.60 Å². The molecule has 1 aromatic rings. The first-order valence-corrected chi connectivity index (χ1v) is 9.31. The minimum atomic E-state index is -0.523. The molecule has 2 saturated heterocycles. The van der Waals surface area contributed by atoms with E-state index in [0.29, 0.717) is 12.6 Å². The van der Waals surface area contributed by atoms with Gasteiger partial charge < -0.3 is 14.7 Å². The molecule has 2 fully saturated rings. The number of amides is 1. The lowest BCUT2D eigenvalue weighted by molar-refractivity contribution is -0.146. The highest BCUT2D eigenvalue weighted by Gasteiger charge is 2.39. The van der Waals surface area contributed by atoms with Crippen molar-refractivity contribution in [2.24, 2.45) is 0 Å². The fourth-order valence-corrected chi connectivity index (χ4v) is 4.07. The van der Waals surface area contributed by atoms with E-state index in [1.165, 1.54) is 11.1 Å². The predicted octanol–water partition coefficient (Wildman–Crippen LogP) is 1.61. The molecular formula is C20H30N2O3. The zero-order chi connectivity index (χ0) is 17.9. The first-order chi connectivity index (χ1) is 12.0. The first-order valence-electron chi connectivity index (χ1n) is 9.31. The number of carbonyl (C=O) groups excluding carboxylic acids is 1. The van der Waals surface area contributed by atoms with Crippen molar-refractivity contribution in [3.63, 3.8) is 0 Å². The van der Waals surface area contributed by atoms with Gasteiger partial charge in [0.05, 0.1) is 13.2 Å². The van der Waals surface area contributed by atoms with Gasteiger partial charge in [0.15, 0.2) is 0 Å². The molecule has 0 aliphatic carbocycles. The standard InChI is InChI=1S/C20H30N2O3/c1-16-3-5-18(6-4-16)13-20(15-23)14-22(11-12-25-20)19-7-9-21(10-8-19)17(2)24/h3-6,19,23H,7-15H2,1-2H3/t20-/m1/s1. The number of nitrogens with zero attached hydrogens (tertiary/aromatic N) is 2. The van der Waals surface area contributed by atoms with E-state index in [-0.39, 0.29) is 12.5 Å². The minimum absolute atomic E-state index is 0.0314. The van der Waals surface area contributed by atoms with Crippen LogP contribution in [0.15, 0.2) is 24.3 Å². The van der Waals surface area contributed by atoms with Gasteiger partial charge in [-0.2, -0.15) is 0 Å². The molecule has 0 radical (unpaired) electrons. The number of morpholine rings is 1. The molecule has 0 unspecified atom stereocenters. The average molecular weight is 346 g/mol. The Morgan fingerprint density at radius 1 is 1.24 bits per heavy atom. The molecule has 5 heteroatoms. The number of carbonyl (C=O) groups is 1. The van der Waals surface area contributed by atoms with Crippen LogP contribution >= 0.6 is 0 Å². The molecule has 2 aliphatic heterocycles. The number of hydrogen-bond donors (Lipinski definition) is 1. The number of aliphatic hydroxyl groups excluding tert-OH is 1. The Labute approximate surface area is 150 Å². The molecule has 138 valence electrons. The van der Waals surface area contributed by atoms with Crippen molar-refractivity contribution < 1.29 is 14.6 Å². The molecule has 1 atom stereocenters. The van der Waals surface area contributed by atoms with Gasteiger partial charge in [-0.15, -0.1) is 0 Å². The zero-order valence-electron chi connectivity index (χ0n) is 15.4. The normalized spacial score (nSPS) is 26.0. The zero-order valence-corrected chi connectivity index (χ0v) is 15.4. The molecule has 0 saturated carbocycles. The number of benzene rings is 1. The topological polar surface area (TPSA) is 53.0 Å². The van der Waals surface area contributed by atoms with Crippen molar-refractivity contribution in [2.45, 2.75) is 44.8 Å². The number of rotatable bonds is 4. The number of piperidine rings is 1. The molecule has 0 bridgehead atoms. The van der Waals surface area contributed by atoms with E-state index in [2.05, 4.69) is 36.1 Å². The van der Waals surface area contributed by atoms with Crippen LogP contribution in [-0.2, 0) is 16.0 Å². The van der Waals surface area contributed by atoms with E-state index >= 15 is 0 Å². The summed E-state index contributed by atoms with van der Waals surface area (Å²) in [5.41, 5.74) is 1.92. The van der Waals surface area contributed by atoms with Crippen molar-refractivity contribution >= 4 is 5.91 Å². The van der Waals surface area contributed by atoms with Crippen LogP contribution in [0.1, 0.15) is 30.9 Å². The first kappa shape index (κ1) is 18.4. The van der Waals surface area contributed by atoms with Crippen molar-refractivity contribution in [1.29, 1.82) is 0 Å². The van der Waals surface area contributed by atoms with E-state index in [9.17, 15) is 9.90 Å². The maximum Gasteiger partial charge on any atom is 0.219 e. The van der Waals surface area contributed by atoms with E-state index in [1.54, 1.807) is 6.92 Å². The molecular weight excluding hydrogens is 316 g/mol. The monoisotopic (exact) mass is 346 g/mol. The van der Waals surface area contributed by atoms with Gasteiger partial charge in [0.2, 0.25) is 5.91 Å². The second kappa shape index (κ2) is 7.85. The van der Waals surface area contributed by atoms with E-state index in [0.717, 1.165) is 45.4 Å². The van der Waals surface area contributed by atoms with Crippen LogP contribution < -0.4 is 0 Å². The summed E-state index contributed by atoms with van der Waals surface area (Å²) >= 11 is 0. The van der Waals surface area contributed by atoms with E-state index in [4.69, 9.17) is 4.74 Å². The number of aliphatic hydroxyl groups is 1. The largest absolute Gasteiger partial charge is 0.393 e. The maximum absolute atomic E-state index is 11.5. The molecule has 0 spiro atoms. The number of ether oxygens (including phenoxy) is 1. The highest BCUT2D eigenvalue weighted by Crippen LogP contribution is 2.27. The van der Waals surface area contributed by atoms with Crippen LogP contribution in [0.5, 0.6) is 0 Å². The lowest BCUT2D eigenvalue weighted by Gasteiger charge is -2.47. The van der Waals surface area contributed by atoms with Crippen LogP contribution in [-0.4, -0.2) is 71.8 Å². The fourth-order valence-electron chi connectivity index (χ4n) is 4.07. The summed E-state index contributed by atoms with van der Waals surface area (Å²) in [6.45, 7) is 7.74. The van der Waals surface area contributed by atoms with Crippen LogP contribution in [0, 0.1) is 6.92 Å². The fraction of sp³-hybridized carbons (Fsp3) is 0.650. The molecule has 1 N–H and O–H groups in total. The Hall–Kier alpha value is -1.43. The van der Waals surface area contributed by atoms with E-state index < -0.39 is 5.60 Å². The summed E-state index contributed by atoms with van der Waals surface area (Å²) in [4.78, 5) is 15.9. The molecule has 5 nitrogen and oxygen atoms in total. The number of aryl methyl sites for hydroxylation is 1.